The average Bonchev–Trinajstić information content (AvgIpc) is 2.91. The van der Waals surface area contributed by atoms with Gasteiger partial charge in [-0.05, 0) is 57.3 Å². The fourth-order valence-corrected chi connectivity index (χ4v) is 6.27. The van der Waals surface area contributed by atoms with Gasteiger partial charge in [0.15, 0.2) is 17.3 Å². The zero-order chi connectivity index (χ0) is 20.7. The number of carbonyl (C=O) groups excluding carboxylic acids is 3. The molecule has 150 valence electrons. The first-order valence-corrected chi connectivity index (χ1v) is 9.97. The number of fused-ring (bicyclic) bond motifs is 1. The third-order valence-corrected chi connectivity index (χ3v) is 7.99. The average molecular weight is 376 g/mol. The number of carbonyl (C=O) groups is 3. The van der Waals surface area contributed by atoms with E-state index >= 15 is 0 Å². The molecular weight excluding hydrogens is 344 g/mol. The van der Waals surface area contributed by atoms with E-state index < -0.39 is 33.5 Å². The highest BCUT2D eigenvalue weighted by Crippen LogP contribution is 2.72. The molecule has 3 aliphatic rings. The van der Waals surface area contributed by atoms with Crippen molar-refractivity contribution in [3.63, 3.8) is 0 Å². The first-order chi connectivity index (χ1) is 12.2. The van der Waals surface area contributed by atoms with Crippen LogP contribution in [0.15, 0.2) is 11.3 Å². The second-order valence-corrected chi connectivity index (χ2v) is 10.3. The van der Waals surface area contributed by atoms with Gasteiger partial charge in [0.25, 0.3) is 0 Å². The maximum absolute atomic E-state index is 13.6. The molecule has 0 aromatic carbocycles. The van der Waals surface area contributed by atoms with Gasteiger partial charge in [-0.1, -0.05) is 27.7 Å². The second-order valence-electron chi connectivity index (χ2n) is 10.3. The van der Waals surface area contributed by atoms with Gasteiger partial charge in [0, 0.05) is 5.92 Å². The van der Waals surface area contributed by atoms with Crippen LogP contribution in [0.2, 0.25) is 0 Å². The lowest BCUT2D eigenvalue weighted by Crippen LogP contribution is -2.50. The zero-order valence-electron chi connectivity index (χ0n) is 17.5. The van der Waals surface area contributed by atoms with Crippen LogP contribution in [-0.4, -0.2) is 33.2 Å². The van der Waals surface area contributed by atoms with E-state index in [2.05, 4.69) is 0 Å². The molecule has 5 heteroatoms. The summed E-state index contributed by atoms with van der Waals surface area (Å²) in [6, 6.07) is 0. The lowest BCUT2D eigenvalue weighted by atomic mass is 9.64. The van der Waals surface area contributed by atoms with E-state index in [1.807, 2.05) is 20.8 Å². The predicted octanol–water partition coefficient (Wildman–Crippen LogP) is 3.40. The molecule has 2 fully saturated rings. The molecule has 2 bridgehead atoms. The predicted molar refractivity (Wildman–Crippen MR) is 101 cm³/mol. The van der Waals surface area contributed by atoms with Gasteiger partial charge < -0.3 is 10.2 Å². The molecule has 0 aliphatic heterocycles. The molecular formula is C22H32O5. The van der Waals surface area contributed by atoms with Crippen molar-refractivity contribution in [2.45, 2.75) is 73.3 Å². The summed E-state index contributed by atoms with van der Waals surface area (Å²) < 4.78 is 0. The van der Waals surface area contributed by atoms with Crippen molar-refractivity contribution in [3.8, 4) is 0 Å². The normalized spacial score (nSPS) is 39.0. The number of rotatable bonds is 4. The Hall–Kier alpha value is -1.49. The standard InChI is InChI=1S/C22H32O5/c1-8-11(2)15(23)14-16(24)21(7)9-13-19(3,4)12(20(5,6)27)10-22(13,17(14)25)18(21)26/h11-13,24,27H,8-10H2,1-7H3/t11?,12-,13-,21-,22?/m0/s1. The van der Waals surface area contributed by atoms with E-state index in [1.165, 1.54) is 0 Å². The van der Waals surface area contributed by atoms with Gasteiger partial charge in [-0.25, -0.2) is 0 Å². The van der Waals surface area contributed by atoms with E-state index in [1.54, 1.807) is 27.7 Å². The van der Waals surface area contributed by atoms with Crippen molar-refractivity contribution >= 4 is 17.3 Å². The Morgan fingerprint density at radius 2 is 1.78 bits per heavy atom. The van der Waals surface area contributed by atoms with Gasteiger partial charge in [0.1, 0.15) is 11.3 Å². The van der Waals surface area contributed by atoms with Crippen LogP contribution in [0.25, 0.3) is 0 Å². The van der Waals surface area contributed by atoms with Gasteiger partial charge in [-0.2, -0.15) is 0 Å². The number of allylic oxidation sites excluding steroid dienone is 2. The van der Waals surface area contributed by atoms with Gasteiger partial charge >= 0.3 is 0 Å². The smallest absolute Gasteiger partial charge is 0.183 e. The van der Waals surface area contributed by atoms with Crippen molar-refractivity contribution in [1.29, 1.82) is 0 Å². The van der Waals surface area contributed by atoms with Crippen LogP contribution in [0.3, 0.4) is 0 Å². The van der Waals surface area contributed by atoms with E-state index in [0.29, 0.717) is 12.8 Å². The molecule has 2 saturated carbocycles. The van der Waals surface area contributed by atoms with E-state index in [9.17, 15) is 24.6 Å². The number of aliphatic hydroxyl groups is 2. The number of aliphatic hydroxyl groups excluding tert-OH is 1. The maximum Gasteiger partial charge on any atom is 0.183 e. The fraction of sp³-hybridized carbons (Fsp3) is 0.773. The lowest BCUT2D eigenvalue weighted by molar-refractivity contribution is -0.144. The molecule has 3 aliphatic carbocycles. The van der Waals surface area contributed by atoms with Crippen molar-refractivity contribution in [2.75, 3.05) is 0 Å². The van der Waals surface area contributed by atoms with Gasteiger partial charge in [-0.15, -0.1) is 0 Å². The third-order valence-electron chi connectivity index (χ3n) is 7.99. The Balaban J connectivity index is 2.23. The van der Waals surface area contributed by atoms with Crippen LogP contribution < -0.4 is 0 Å². The van der Waals surface area contributed by atoms with Gasteiger partial charge in [0.2, 0.25) is 0 Å². The summed E-state index contributed by atoms with van der Waals surface area (Å²) >= 11 is 0. The molecule has 27 heavy (non-hydrogen) atoms. The Kier molecular flexibility index (Phi) is 4.14. The molecule has 2 N–H and O–H groups in total. The minimum Gasteiger partial charge on any atom is -0.510 e. The van der Waals surface area contributed by atoms with Crippen molar-refractivity contribution < 1.29 is 24.6 Å². The molecule has 0 saturated heterocycles. The van der Waals surface area contributed by atoms with Crippen molar-refractivity contribution in [2.24, 2.45) is 34.0 Å². The maximum atomic E-state index is 13.6. The Labute approximate surface area is 161 Å². The quantitative estimate of drug-likeness (QED) is 0.580. The minimum absolute atomic E-state index is 0.166. The molecule has 0 aromatic heterocycles. The van der Waals surface area contributed by atoms with Crippen LogP contribution in [0.1, 0.15) is 67.7 Å². The minimum atomic E-state index is -1.31. The fourth-order valence-electron chi connectivity index (χ4n) is 6.27. The van der Waals surface area contributed by atoms with Crippen molar-refractivity contribution in [3.05, 3.63) is 11.3 Å². The summed E-state index contributed by atoms with van der Waals surface area (Å²) in [5.74, 6) is -2.46. The molecule has 0 radical (unpaired) electrons. The summed E-state index contributed by atoms with van der Waals surface area (Å²) in [6.45, 7) is 12.7. The monoisotopic (exact) mass is 376 g/mol. The Morgan fingerprint density at radius 3 is 2.26 bits per heavy atom. The second kappa shape index (κ2) is 5.53. The molecule has 0 aromatic rings. The van der Waals surface area contributed by atoms with E-state index in [4.69, 9.17) is 0 Å². The highest BCUT2D eigenvalue weighted by atomic mass is 16.3. The third kappa shape index (κ3) is 2.24. The molecule has 0 heterocycles. The topological polar surface area (TPSA) is 91.7 Å². The summed E-state index contributed by atoms with van der Waals surface area (Å²) in [5.41, 5.74) is -4.20. The summed E-state index contributed by atoms with van der Waals surface area (Å²) in [5, 5.41) is 21.6. The largest absolute Gasteiger partial charge is 0.510 e. The van der Waals surface area contributed by atoms with Gasteiger partial charge in [-0.3, -0.25) is 14.4 Å². The highest BCUT2D eigenvalue weighted by Gasteiger charge is 2.77. The van der Waals surface area contributed by atoms with Crippen molar-refractivity contribution in [1.82, 2.24) is 0 Å². The number of Topliss-reactive ketones (excluding diaryl/α,β-unsaturated/α-hetero) is 3. The molecule has 5 atom stereocenters. The van der Waals surface area contributed by atoms with Gasteiger partial charge in [0.05, 0.1) is 16.4 Å². The first-order valence-electron chi connectivity index (χ1n) is 9.97. The molecule has 5 nitrogen and oxygen atoms in total. The Morgan fingerprint density at radius 1 is 1.22 bits per heavy atom. The molecule has 0 amide bonds. The highest BCUT2D eigenvalue weighted by molar-refractivity contribution is 6.32. The van der Waals surface area contributed by atoms with Crippen LogP contribution in [-0.2, 0) is 14.4 Å². The SMILES string of the molecule is CCC(C)C(=O)C1=C(O)[C@]2(C)C[C@@H]3C(C[C@H](C(C)(C)O)C3(C)C)(C1=O)C2=O. The number of hydrogen-bond acceptors (Lipinski definition) is 5. The van der Waals surface area contributed by atoms with Crippen LogP contribution in [0.4, 0.5) is 0 Å². The summed E-state index contributed by atoms with van der Waals surface area (Å²) in [6.07, 6.45) is 1.12. The summed E-state index contributed by atoms with van der Waals surface area (Å²) in [7, 11) is 0. The number of ketones is 3. The van der Waals surface area contributed by atoms with E-state index in [0.717, 1.165) is 0 Å². The van der Waals surface area contributed by atoms with Crippen LogP contribution >= 0.6 is 0 Å². The first kappa shape index (κ1) is 20.2. The lowest BCUT2D eigenvalue weighted by Gasteiger charge is -2.40. The number of hydrogen-bond donors (Lipinski definition) is 2. The summed E-state index contributed by atoms with van der Waals surface area (Å²) in [4.78, 5) is 40.1. The zero-order valence-corrected chi connectivity index (χ0v) is 17.5. The molecule has 1 spiro atoms. The Bertz CT molecular complexity index is 768. The van der Waals surface area contributed by atoms with E-state index in [-0.39, 0.29) is 41.2 Å². The molecule has 2 unspecified atom stereocenters. The van der Waals surface area contributed by atoms with Crippen LogP contribution in [0, 0.1) is 34.0 Å². The van der Waals surface area contributed by atoms with Crippen LogP contribution in [0.5, 0.6) is 0 Å². The molecule has 3 rings (SSSR count).